The van der Waals surface area contributed by atoms with Crippen LogP contribution in [0.2, 0.25) is 0 Å². The van der Waals surface area contributed by atoms with E-state index in [0.29, 0.717) is 37.7 Å². The molecule has 0 aromatic heterocycles. The van der Waals surface area contributed by atoms with Crippen molar-refractivity contribution in [1.82, 2.24) is 5.32 Å². The van der Waals surface area contributed by atoms with Crippen LogP contribution in [0.15, 0.2) is 23.8 Å². The average Bonchev–Trinajstić information content (AvgIpc) is 3.59. The van der Waals surface area contributed by atoms with Crippen LogP contribution in [-0.2, 0) is 16.0 Å². The van der Waals surface area contributed by atoms with Gasteiger partial charge < -0.3 is 20.1 Å². The summed E-state index contributed by atoms with van der Waals surface area (Å²) in [6.45, 7) is 5.27. The van der Waals surface area contributed by atoms with E-state index in [1.54, 1.807) is 6.07 Å². The monoisotopic (exact) mass is 430 g/mol. The van der Waals surface area contributed by atoms with Gasteiger partial charge >= 0.3 is 5.97 Å². The minimum absolute atomic E-state index is 0.168. The van der Waals surface area contributed by atoms with Gasteiger partial charge in [-0.1, -0.05) is 18.9 Å². The van der Waals surface area contributed by atoms with Crippen molar-refractivity contribution in [2.24, 2.45) is 5.92 Å². The van der Waals surface area contributed by atoms with Crippen LogP contribution in [-0.4, -0.2) is 55.2 Å². The molecule has 1 aliphatic carbocycles. The van der Waals surface area contributed by atoms with Gasteiger partial charge in [-0.25, -0.2) is 9.18 Å². The molecule has 0 amide bonds. The van der Waals surface area contributed by atoms with Crippen LogP contribution in [0.5, 0.6) is 0 Å². The molecule has 0 radical (unpaired) electrons. The van der Waals surface area contributed by atoms with Gasteiger partial charge in [-0.3, -0.25) is 4.79 Å². The molecule has 6 nitrogen and oxygen atoms in total. The van der Waals surface area contributed by atoms with Crippen molar-refractivity contribution < 1.29 is 23.8 Å². The molecule has 7 heteroatoms. The third kappa shape index (κ3) is 4.83. The zero-order valence-corrected chi connectivity index (χ0v) is 18.1. The molecule has 2 saturated heterocycles. The van der Waals surface area contributed by atoms with E-state index in [9.17, 15) is 14.7 Å². The van der Waals surface area contributed by atoms with Crippen LogP contribution in [0.25, 0.3) is 0 Å². The number of piperidine rings is 1. The Labute approximate surface area is 182 Å². The highest BCUT2D eigenvalue weighted by molar-refractivity contribution is 6.24. The molecule has 0 atom stereocenters. The maximum atomic E-state index is 15.2. The predicted octanol–water partition coefficient (Wildman–Crippen LogP) is 3.34. The van der Waals surface area contributed by atoms with Gasteiger partial charge in [0.1, 0.15) is 11.4 Å². The van der Waals surface area contributed by atoms with E-state index in [1.807, 2.05) is 4.90 Å². The first-order valence-corrected chi connectivity index (χ1v) is 11.3. The number of nitrogens with one attached hydrogen (secondary N) is 1. The number of ketones is 1. The zero-order valence-electron chi connectivity index (χ0n) is 18.1. The van der Waals surface area contributed by atoms with E-state index in [1.165, 1.54) is 31.9 Å². The van der Waals surface area contributed by atoms with Crippen molar-refractivity contribution in [1.29, 1.82) is 0 Å². The quantitative estimate of drug-likeness (QED) is 0.299. The van der Waals surface area contributed by atoms with Crippen LogP contribution in [0.1, 0.15) is 54.9 Å². The highest BCUT2D eigenvalue weighted by Crippen LogP contribution is 2.36. The van der Waals surface area contributed by atoms with Crippen LogP contribution in [0, 0.1) is 11.7 Å². The first-order chi connectivity index (χ1) is 14.9. The Morgan fingerprint density at radius 2 is 2.06 bits per heavy atom. The highest BCUT2D eigenvalue weighted by atomic mass is 19.1. The summed E-state index contributed by atoms with van der Waals surface area (Å²) in [5, 5.41) is 12.8. The first-order valence-electron chi connectivity index (χ1n) is 11.3. The number of hydrogen-bond acceptors (Lipinski definition) is 5. The number of Topliss-reactive ketones (excluding diaryl/α,β-unsaturated/α-hetero) is 1. The number of hydrogen-bond donors (Lipinski definition) is 2. The molecule has 31 heavy (non-hydrogen) atoms. The smallest absolute Gasteiger partial charge is 0.339 e. The normalized spacial score (nSPS) is 21.4. The molecule has 168 valence electrons. The number of nitrogens with zero attached hydrogens (tertiary/aromatic N) is 1. The first kappa shape index (κ1) is 22.0. The van der Waals surface area contributed by atoms with Gasteiger partial charge in [0.15, 0.2) is 5.78 Å². The van der Waals surface area contributed by atoms with Gasteiger partial charge in [0.05, 0.1) is 17.9 Å². The fourth-order valence-electron chi connectivity index (χ4n) is 4.71. The lowest BCUT2D eigenvalue weighted by Crippen LogP contribution is -2.55. The number of ether oxygens (including phenoxy) is 1. The zero-order chi connectivity index (χ0) is 22.0. The number of rotatable bonds is 7. The molecule has 1 saturated carbocycles. The topological polar surface area (TPSA) is 78.9 Å². The Bertz CT molecular complexity index is 878. The number of carboxylic acid groups (broad SMARTS) is 1. The Hall–Kier alpha value is -2.25. The van der Waals surface area contributed by atoms with Gasteiger partial charge in [-0.15, -0.1) is 0 Å². The van der Waals surface area contributed by atoms with E-state index in [0.717, 1.165) is 37.9 Å². The molecule has 1 aromatic carbocycles. The second kappa shape index (κ2) is 9.09. The number of halogens is 1. The fourth-order valence-corrected chi connectivity index (χ4v) is 4.71. The summed E-state index contributed by atoms with van der Waals surface area (Å²) < 4.78 is 21.2. The van der Waals surface area contributed by atoms with Gasteiger partial charge in [0, 0.05) is 31.7 Å². The van der Waals surface area contributed by atoms with Gasteiger partial charge in [0.2, 0.25) is 0 Å². The summed E-state index contributed by atoms with van der Waals surface area (Å²) in [5.74, 6) is -1.72. The van der Waals surface area contributed by atoms with Crippen LogP contribution in [0.3, 0.4) is 0 Å². The number of morpholine rings is 1. The highest BCUT2D eigenvalue weighted by Gasteiger charge is 2.38. The van der Waals surface area contributed by atoms with E-state index >= 15 is 4.39 Å². The van der Waals surface area contributed by atoms with Gasteiger partial charge in [0.25, 0.3) is 0 Å². The summed E-state index contributed by atoms with van der Waals surface area (Å²) in [5.41, 5.74) is 0.925. The maximum absolute atomic E-state index is 15.2. The van der Waals surface area contributed by atoms with Crippen molar-refractivity contribution in [2.75, 3.05) is 37.7 Å². The third-order valence-electron chi connectivity index (χ3n) is 6.85. The molecular weight excluding hydrogens is 399 g/mol. The number of anilines is 1. The molecular formula is C24H31FN2O4. The molecule has 2 N–H and O–H groups in total. The molecule has 3 fully saturated rings. The molecule has 0 bridgehead atoms. The lowest BCUT2D eigenvalue weighted by Gasteiger charge is -2.44. The molecule has 2 aliphatic heterocycles. The van der Waals surface area contributed by atoms with Crippen LogP contribution < -0.4 is 10.2 Å². The Balaban J connectivity index is 1.59. The van der Waals surface area contributed by atoms with Crippen molar-refractivity contribution in [2.45, 2.75) is 51.0 Å². The Kier molecular flexibility index (Phi) is 6.44. The lowest BCUT2D eigenvalue weighted by molar-refractivity contribution is -0.132. The fraction of sp³-hybridized carbons (Fsp3) is 0.583. The van der Waals surface area contributed by atoms with E-state index < -0.39 is 17.6 Å². The molecule has 0 unspecified atom stereocenters. The van der Waals surface area contributed by atoms with Crippen LogP contribution >= 0.6 is 0 Å². The van der Waals surface area contributed by atoms with Gasteiger partial charge in [-0.2, -0.15) is 0 Å². The summed E-state index contributed by atoms with van der Waals surface area (Å²) in [6.07, 6.45) is 6.89. The summed E-state index contributed by atoms with van der Waals surface area (Å²) in [4.78, 5) is 26.4. The number of carbonyl (C=O) groups is 2. The molecule has 1 aromatic rings. The van der Waals surface area contributed by atoms with E-state index in [-0.39, 0.29) is 16.7 Å². The minimum atomic E-state index is -1.28. The maximum Gasteiger partial charge on any atom is 0.339 e. The number of carbonyl (C=O) groups excluding carboxylic acids is 1. The van der Waals surface area contributed by atoms with Crippen LogP contribution in [0.4, 0.5) is 10.1 Å². The van der Waals surface area contributed by atoms with Crippen molar-refractivity contribution in [3.05, 3.63) is 40.7 Å². The summed E-state index contributed by atoms with van der Waals surface area (Å²) >= 11 is 0. The molecule has 3 aliphatic rings. The van der Waals surface area contributed by atoms with Crippen molar-refractivity contribution in [3.63, 3.8) is 0 Å². The summed E-state index contributed by atoms with van der Waals surface area (Å²) in [7, 11) is 0. The second-order valence-electron chi connectivity index (χ2n) is 8.97. The number of aliphatic carboxylic acids is 1. The predicted molar refractivity (Wildman–Crippen MR) is 116 cm³/mol. The van der Waals surface area contributed by atoms with Gasteiger partial charge in [-0.05, 0) is 56.2 Å². The molecule has 1 spiro atoms. The summed E-state index contributed by atoms with van der Waals surface area (Å²) in [6, 6.07) is 3.02. The number of aryl methyl sites for hydroxylation is 1. The van der Waals surface area contributed by atoms with E-state index in [2.05, 4.69) is 5.32 Å². The molecule has 4 rings (SSSR count). The Morgan fingerprint density at radius 3 is 2.65 bits per heavy atom. The van der Waals surface area contributed by atoms with Crippen molar-refractivity contribution in [3.8, 4) is 0 Å². The third-order valence-corrected chi connectivity index (χ3v) is 6.85. The second-order valence-corrected chi connectivity index (χ2v) is 8.97. The molecule has 2 heterocycles. The van der Waals surface area contributed by atoms with Crippen molar-refractivity contribution >= 4 is 17.4 Å². The largest absolute Gasteiger partial charge is 0.478 e. The SMILES string of the molecule is C/C=C(/C(=O)O)C(=O)c1cc(F)c(N2CCC3(CC2)CNCCO3)cc1CCC1CC1. The number of benzene rings is 1. The standard InChI is InChI=1S/C24H31FN2O4/c1-2-18(23(29)30)22(28)19-14-20(25)21(13-17(19)6-5-16-3-4-16)27-10-7-24(8-11-27)15-26-9-12-31-24/h2,13-14,16,26H,3-12,15H2,1H3,(H,29,30)/b18-2+. The minimum Gasteiger partial charge on any atom is -0.478 e. The Morgan fingerprint density at radius 1 is 1.32 bits per heavy atom. The average molecular weight is 431 g/mol. The lowest BCUT2D eigenvalue weighted by atomic mass is 9.89. The van der Waals surface area contributed by atoms with E-state index in [4.69, 9.17) is 4.74 Å². The number of allylic oxidation sites excluding steroid dienone is 1. The number of carboxylic acids is 1.